The van der Waals surface area contributed by atoms with Crippen molar-refractivity contribution in [2.75, 3.05) is 4.90 Å². The van der Waals surface area contributed by atoms with Gasteiger partial charge in [-0.1, -0.05) is 62.1 Å². The second-order valence-electron chi connectivity index (χ2n) is 5.81. The van der Waals surface area contributed by atoms with Crippen molar-refractivity contribution in [2.45, 2.75) is 19.8 Å². The normalized spacial score (nSPS) is 16.5. The van der Waals surface area contributed by atoms with Gasteiger partial charge in [0.05, 0.1) is 10.6 Å². The number of hydrogen-bond acceptors (Lipinski definition) is 3. The molecule has 0 radical (unpaired) electrons. The molecule has 0 unspecified atom stereocenters. The van der Waals surface area contributed by atoms with Gasteiger partial charge in [0.15, 0.2) is 4.32 Å². The molecule has 0 aromatic heterocycles. The maximum atomic E-state index is 12.7. The highest BCUT2D eigenvalue weighted by Gasteiger charge is 2.33. The summed E-state index contributed by atoms with van der Waals surface area (Å²) in [6, 6.07) is 16.1. The summed E-state index contributed by atoms with van der Waals surface area (Å²) in [6.07, 6.45) is 1.91. The van der Waals surface area contributed by atoms with Gasteiger partial charge in [0.1, 0.15) is 0 Å². The molecule has 3 rings (SSSR count). The number of carbonyl (C=O) groups excluding carboxylic acids is 1. The SMILES string of the molecule is CC(C)c1ccc(C=C2SC(=S)N(c3ccc(I)cc3)C2=O)cc1. The van der Waals surface area contributed by atoms with Gasteiger partial charge in [-0.3, -0.25) is 9.69 Å². The quantitative estimate of drug-likeness (QED) is 0.324. The first kappa shape index (κ1) is 17.6. The Labute approximate surface area is 165 Å². The molecule has 1 amide bonds. The van der Waals surface area contributed by atoms with Crippen molar-refractivity contribution in [1.82, 2.24) is 0 Å². The van der Waals surface area contributed by atoms with Crippen molar-refractivity contribution in [3.8, 4) is 0 Å². The maximum Gasteiger partial charge on any atom is 0.270 e. The smallest absolute Gasteiger partial charge is 0.268 e. The zero-order valence-corrected chi connectivity index (χ0v) is 17.1. The van der Waals surface area contributed by atoms with Crippen molar-refractivity contribution in [1.29, 1.82) is 0 Å². The van der Waals surface area contributed by atoms with Gasteiger partial charge in [-0.25, -0.2) is 0 Å². The predicted molar refractivity (Wildman–Crippen MR) is 115 cm³/mol. The van der Waals surface area contributed by atoms with E-state index in [0.29, 0.717) is 15.1 Å². The summed E-state index contributed by atoms with van der Waals surface area (Å²) in [5.41, 5.74) is 3.12. The average Bonchev–Trinajstić information content (AvgIpc) is 2.83. The number of rotatable bonds is 3. The minimum Gasteiger partial charge on any atom is -0.268 e. The van der Waals surface area contributed by atoms with Crippen LogP contribution < -0.4 is 4.90 Å². The first-order valence-electron chi connectivity index (χ1n) is 7.59. The second kappa shape index (κ2) is 7.37. The first-order valence-corrected chi connectivity index (χ1v) is 9.89. The fourth-order valence-corrected chi connectivity index (χ4v) is 4.07. The Balaban J connectivity index is 1.86. The minimum absolute atomic E-state index is 0.0563. The van der Waals surface area contributed by atoms with E-state index in [2.05, 4.69) is 48.6 Å². The summed E-state index contributed by atoms with van der Waals surface area (Å²) < 4.78 is 1.70. The molecule has 5 heteroatoms. The topological polar surface area (TPSA) is 20.3 Å². The molecule has 0 aliphatic carbocycles. The standard InChI is InChI=1S/C19H16INOS2/c1-12(2)14-5-3-13(4-6-14)11-17-18(22)21(19(23)24-17)16-9-7-15(20)8-10-16/h3-12H,1-2H3. The van der Waals surface area contributed by atoms with Gasteiger partial charge in [-0.15, -0.1) is 0 Å². The van der Waals surface area contributed by atoms with Crippen LogP contribution in [0.4, 0.5) is 5.69 Å². The van der Waals surface area contributed by atoms with Gasteiger partial charge in [0, 0.05) is 3.57 Å². The fourth-order valence-electron chi connectivity index (χ4n) is 2.41. The van der Waals surface area contributed by atoms with Crippen LogP contribution in [-0.2, 0) is 4.79 Å². The first-order chi connectivity index (χ1) is 11.5. The molecule has 0 bridgehead atoms. The van der Waals surface area contributed by atoms with E-state index in [1.165, 1.54) is 17.3 Å². The van der Waals surface area contributed by atoms with E-state index in [9.17, 15) is 4.79 Å². The molecule has 1 aliphatic heterocycles. The van der Waals surface area contributed by atoms with Gasteiger partial charge in [0.25, 0.3) is 5.91 Å². The van der Waals surface area contributed by atoms with Gasteiger partial charge < -0.3 is 0 Å². The number of thiocarbonyl (C=S) groups is 1. The number of halogens is 1. The summed E-state index contributed by atoms with van der Waals surface area (Å²) in [5.74, 6) is 0.442. The van der Waals surface area contributed by atoms with E-state index in [1.807, 2.05) is 42.5 Å². The molecule has 0 N–H and O–H groups in total. The summed E-state index contributed by atoms with van der Waals surface area (Å²) in [7, 11) is 0. The summed E-state index contributed by atoms with van der Waals surface area (Å²) in [5, 5.41) is 0. The van der Waals surface area contributed by atoms with Crippen LogP contribution in [0.3, 0.4) is 0 Å². The third-order valence-electron chi connectivity index (χ3n) is 3.78. The Bertz CT molecular complexity index is 810. The monoisotopic (exact) mass is 465 g/mol. The molecule has 2 aromatic carbocycles. The Morgan fingerprint density at radius 2 is 1.71 bits per heavy atom. The van der Waals surface area contributed by atoms with Crippen LogP contribution in [0.2, 0.25) is 0 Å². The molecule has 0 spiro atoms. The van der Waals surface area contributed by atoms with E-state index in [0.717, 1.165) is 14.8 Å². The molecule has 1 fully saturated rings. The lowest BCUT2D eigenvalue weighted by molar-refractivity contribution is -0.113. The molecule has 1 saturated heterocycles. The maximum absolute atomic E-state index is 12.7. The van der Waals surface area contributed by atoms with Gasteiger partial charge in [-0.05, 0) is 70.0 Å². The fraction of sp³-hybridized carbons (Fsp3) is 0.158. The lowest BCUT2D eigenvalue weighted by atomic mass is 10.0. The highest BCUT2D eigenvalue weighted by Crippen LogP contribution is 2.36. The van der Waals surface area contributed by atoms with Crippen molar-refractivity contribution >= 4 is 68.6 Å². The van der Waals surface area contributed by atoms with E-state index < -0.39 is 0 Å². The van der Waals surface area contributed by atoms with Crippen molar-refractivity contribution in [3.63, 3.8) is 0 Å². The zero-order valence-electron chi connectivity index (χ0n) is 13.3. The predicted octanol–water partition coefficient (Wildman–Crippen LogP) is 5.82. The molecule has 2 aromatic rings. The number of anilines is 1. The summed E-state index contributed by atoms with van der Waals surface area (Å²) in [6.45, 7) is 4.34. The average molecular weight is 465 g/mol. The van der Waals surface area contributed by atoms with Crippen LogP contribution in [-0.4, -0.2) is 10.2 Å². The number of benzene rings is 2. The third-order valence-corrected chi connectivity index (χ3v) is 5.80. The number of thioether (sulfide) groups is 1. The number of carbonyl (C=O) groups is 1. The van der Waals surface area contributed by atoms with Crippen molar-refractivity contribution < 1.29 is 4.79 Å². The van der Waals surface area contributed by atoms with E-state index >= 15 is 0 Å². The zero-order chi connectivity index (χ0) is 17.3. The van der Waals surface area contributed by atoms with E-state index in [4.69, 9.17) is 12.2 Å². The summed E-state index contributed by atoms with van der Waals surface area (Å²) in [4.78, 5) is 15.0. The lowest BCUT2D eigenvalue weighted by Crippen LogP contribution is -2.27. The molecule has 122 valence electrons. The van der Waals surface area contributed by atoms with Crippen molar-refractivity contribution in [3.05, 3.63) is 68.1 Å². The van der Waals surface area contributed by atoms with E-state index in [-0.39, 0.29) is 5.91 Å². The Kier molecular flexibility index (Phi) is 5.42. The highest BCUT2D eigenvalue weighted by molar-refractivity contribution is 14.1. The molecule has 0 atom stereocenters. The van der Waals surface area contributed by atoms with Crippen molar-refractivity contribution in [2.24, 2.45) is 0 Å². The molecule has 0 saturated carbocycles. The van der Waals surface area contributed by atoms with Crippen LogP contribution in [0.1, 0.15) is 30.9 Å². The summed E-state index contributed by atoms with van der Waals surface area (Å²) >= 11 is 9.00. The van der Waals surface area contributed by atoms with Gasteiger partial charge >= 0.3 is 0 Å². The number of nitrogens with zero attached hydrogens (tertiary/aromatic N) is 1. The molecule has 1 heterocycles. The minimum atomic E-state index is -0.0563. The van der Waals surface area contributed by atoms with E-state index in [1.54, 1.807) is 4.90 Å². The van der Waals surface area contributed by atoms with Crippen LogP contribution in [0.15, 0.2) is 53.4 Å². The van der Waals surface area contributed by atoms with Gasteiger partial charge in [-0.2, -0.15) is 0 Å². The largest absolute Gasteiger partial charge is 0.270 e. The number of hydrogen-bond donors (Lipinski definition) is 0. The molecular formula is C19H16INOS2. The Morgan fingerprint density at radius 1 is 1.08 bits per heavy atom. The third kappa shape index (κ3) is 3.73. The number of amides is 1. The van der Waals surface area contributed by atoms with Crippen LogP contribution in [0.25, 0.3) is 6.08 Å². The van der Waals surface area contributed by atoms with Gasteiger partial charge in [0.2, 0.25) is 0 Å². The molecule has 2 nitrogen and oxygen atoms in total. The molecular weight excluding hydrogens is 449 g/mol. The lowest BCUT2D eigenvalue weighted by Gasteiger charge is -2.14. The Hall–Kier alpha value is -1.18. The van der Waals surface area contributed by atoms with Crippen LogP contribution >= 0.6 is 46.6 Å². The van der Waals surface area contributed by atoms with Crippen LogP contribution in [0, 0.1) is 3.57 Å². The van der Waals surface area contributed by atoms with Crippen LogP contribution in [0.5, 0.6) is 0 Å². The molecule has 1 aliphatic rings. The highest BCUT2D eigenvalue weighted by atomic mass is 127. The molecule has 24 heavy (non-hydrogen) atoms. The Morgan fingerprint density at radius 3 is 2.29 bits per heavy atom. The second-order valence-corrected chi connectivity index (χ2v) is 8.74.